The SMILES string of the molecule is O=C(O)c1csc(Cc2cc(CCl)ccc2O)c1. The van der Waals surface area contributed by atoms with Crippen LogP contribution in [0.5, 0.6) is 5.75 Å². The van der Waals surface area contributed by atoms with Crippen molar-refractivity contribution in [2.45, 2.75) is 12.3 Å². The van der Waals surface area contributed by atoms with Crippen molar-refractivity contribution in [1.82, 2.24) is 0 Å². The summed E-state index contributed by atoms with van der Waals surface area (Å²) in [5, 5.41) is 20.2. The molecule has 2 N–H and O–H groups in total. The standard InChI is InChI=1S/C13H11ClO3S/c14-6-8-1-2-12(15)9(3-8)4-11-5-10(7-18-11)13(16)17/h1-3,5,7,15H,4,6H2,(H,16,17). The van der Waals surface area contributed by atoms with E-state index in [2.05, 4.69) is 0 Å². The molecule has 94 valence electrons. The van der Waals surface area contributed by atoms with Crippen molar-refractivity contribution < 1.29 is 15.0 Å². The molecule has 0 saturated heterocycles. The van der Waals surface area contributed by atoms with Crippen LogP contribution in [0.2, 0.25) is 0 Å². The van der Waals surface area contributed by atoms with Crippen LogP contribution in [0, 0.1) is 0 Å². The van der Waals surface area contributed by atoms with Gasteiger partial charge in [-0.05, 0) is 23.3 Å². The number of rotatable bonds is 4. The van der Waals surface area contributed by atoms with E-state index in [1.807, 2.05) is 6.07 Å². The van der Waals surface area contributed by atoms with E-state index in [1.54, 1.807) is 23.6 Å². The number of hydrogen-bond donors (Lipinski definition) is 2. The van der Waals surface area contributed by atoms with Gasteiger partial charge in [-0.2, -0.15) is 0 Å². The average molecular weight is 283 g/mol. The number of benzene rings is 1. The van der Waals surface area contributed by atoms with Crippen molar-refractivity contribution in [3.63, 3.8) is 0 Å². The molecule has 1 heterocycles. The van der Waals surface area contributed by atoms with Gasteiger partial charge in [-0.1, -0.05) is 12.1 Å². The van der Waals surface area contributed by atoms with Crippen molar-refractivity contribution in [2.24, 2.45) is 0 Å². The van der Waals surface area contributed by atoms with Gasteiger partial charge in [0.05, 0.1) is 5.56 Å². The van der Waals surface area contributed by atoms with E-state index in [1.165, 1.54) is 11.3 Å². The van der Waals surface area contributed by atoms with Crippen LogP contribution in [0.4, 0.5) is 0 Å². The molecule has 1 aromatic heterocycles. The van der Waals surface area contributed by atoms with Crippen LogP contribution in [-0.4, -0.2) is 16.2 Å². The average Bonchev–Trinajstić information content (AvgIpc) is 2.81. The van der Waals surface area contributed by atoms with E-state index in [9.17, 15) is 9.90 Å². The Morgan fingerprint density at radius 1 is 1.33 bits per heavy atom. The van der Waals surface area contributed by atoms with Gasteiger partial charge < -0.3 is 10.2 Å². The fourth-order valence-corrected chi connectivity index (χ4v) is 2.68. The smallest absolute Gasteiger partial charge is 0.336 e. The number of phenols is 1. The summed E-state index contributed by atoms with van der Waals surface area (Å²) in [6.07, 6.45) is 0.508. The molecule has 0 bridgehead atoms. The maximum Gasteiger partial charge on any atom is 0.336 e. The topological polar surface area (TPSA) is 57.5 Å². The van der Waals surface area contributed by atoms with Crippen molar-refractivity contribution in [3.05, 3.63) is 51.2 Å². The highest BCUT2D eigenvalue weighted by Crippen LogP contribution is 2.25. The molecule has 0 aliphatic rings. The normalized spacial score (nSPS) is 10.5. The number of aromatic carboxylic acids is 1. The van der Waals surface area contributed by atoms with Crippen LogP contribution >= 0.6 is 22.9 Å². The van der Waals surface area contributed by atoms with Gasteiger partial charge in [0.2, 0.25) is 0 Å². The number of phenolic OH excluding ortho intramolecular Hbond substituents is 1. The predicted molar refractivity (Wildman–Crippen MR) is 71.7 cm³/mol. The number of halogens is 1. The number of carbonyl (C=O) groups is 1. The third-order valence-electron chi connectivity index (χ3n) is 2.56. The van der Waals surface area contributed by atoms with E-state index in [-0.39, 0.29) is 11.3 Å². The second-order valence-electron chi connectivity index (χ2n) is 3.88. The molecule has 2 rings (SSSR count). The molecule has 0 saturated carbocycles. The van der Waals surface area contributed by atoms with Crippen LogP contribution < -0.4 is 0 Å². The number of carboxylic acid groups (broad SMARTS) is 1. The molecule has 0 unspecified atom stereocenters. The molecule has 0 aliphatic carbocycles. The maximum absolute atomic E-state index is 10.8. The zero-order valence-electron chi connectivity index (χ0n) is 9.39. The predicted octanol–water partition coefficient (Wildman–Crippen LogP) is 3.48. The molecule has 0 fully saturated rings. The zero-order valence-corrected chi connectivity index (χ0v) is 11.0. The summed E-state index contributed by atoms with van der Waals surface area (Å²) >= 11 is 7.11. The third-order valence-corrected chi connectivity index (χ3v) is 3.81. The van der Waals surface area contributed by atoms with Gasteiger partial charge in [0.25, 0.3) is 0 Å². The second-order valence-corrected chi connectivity index (χ2v) is 5.14. The number of carboxylic acids is 1. The molecule has 0 aliphatic heterocycles. The van der Waals surface area contributed by atoms with E-state index >= 15 is 0 Å². The molecule has 2 aromatic rings. The third kappa shape index (κ3) is 2.83. The molecule has 0 atom stereocenters. The first-order valence-electron chi connectivity index (χ1n) is 5.27. The first-order valence-corrected chi connectivity index (χ1v) is 6.69. The van der Waals surface area contributed by atoms with E-state index in [0.29, 0.717) is 12.3 Å². The Bertz CT molecular complexity index is 577. The Hall–Kier alpha value is -1.52. The Morgan fingerprint density at radius 3 is 2.72 bits per heavy atom. The summed E-state index contributed by atoms with van der Waals surface area (Å²) in [5.41, 5.74) is 1.97. The van der Waals surface area contributed by atoms with Gasteiger partial charge in [0.15, 0.2) is 0 Å². The lowest BCUT2D eigenvalue weighted by Crippen LogP contribution is -1.92. The van der Waals surface area contributed by atoms with E-state index in [0.717, 1.165) is 16.0 Å². The fraction of sp³-hybridized carbons (Fsp3) is 0.154. The number of alkyl halides is 1. The van der Waals surface area contributed by atoms with Gasteiger partial charge in [-0.15, -0.1) is 22.9 Å². The highest BCUT2D eigenvalue weighted by atomic mass is 35.5. The van der Waals surface area contributed by atoms with Crippen LogP contribution in [-0.2, 0) is 12.3 Å². The minimum atomic E-state index is -0.934. The maximum atomic E-state index is 10.8. The zero-order chi connectivity index (χ0) is 13.1. The van der Waals surface area contributed by atoms with Gasteiger partial charge in [-0.25, -0.2) is 4.79 Å². The van der Waals surface area contributed by atoms with Crippen LogP contribution in [0.25, 0.3) is 0 Å². The van der Waals surface area contributed by atoms with Crippen LogP contribution in [0.15, 0.2) is 29.6 Å². The molecule has 3 nitrogen and oxygen atoms in total. The Morgan fingerprint density at radius 2 is 2.11 bits per heavy atom. The lowest BCUT2D eigenvalue weighted by molar-refractivity contribution is 0.0697. The molecule has 5 heteroatoms. The van der Waals surface area contributed by atoms with Gasteiger partial charge in [0.1, 0.15) is 5.75 Å². The van der Waals surface area contributed by atoms with Crippen LogP contribution in [0.1, 0.15) is 26.4 Å². The number of thiophene rings is 1. The summed E-state index contributed by atoms with van der Waals surface area (Å²) in [7, 11) is 0. The highest BCUT2D eigenvalue weighted by molar-refractivity contribution is 7.10. The summed E-state index contributed by atoms with van der Waals surface area (Å²) in [6, 6.07) is 6.84. The largest absolute Gasteiger partial charge is 0.508 e. The molecule has 1 aromatic carbocycles. The Balaban J connectivity index is 2.24. The monoisotopic (exact) mass is 282 g/mol. The minimum Gasteiger partial charge on any atom is -0.508 e. The summed E-state index contributed by atoms with van der Waals surface area (Å²) in [4.78, 5) is 11.7. The van der Waals surface area contributed by atoms with Crippen LogP contribution in [0.3, 0.4) is 0 Å². The quantitative estimate of drug-likeness (QED) is 0.844. The van der Waals surface area contributed by atoms with Gasteiger partial charge >= 0.3 is 5.97 Å². The molecule has 0 spiro atoms. The van der Waals surface area contributed by atoms with Crippen molar-refractivity contribution >= 4 is 28.9 Å². The van der Waals surface area contributed by atoms with Crippen molar-refractivity contribution in [2.75, 3.05) is 0 Å². The second kappa shape index (κ2) is 5.42. The molecular formula is C13H11ClO3S. The van der Waals surface area contributed by atoms with Crippen molar-refractivity contribution in [3.8, 4) is 5.75 Å². The number of hydrogen-bond acceptors (Lipinski definition) is 3. The Kier molecular flexibility index (Phi) is 3.89. The molecular weight excluding hydrogens is 272 g/mol. The lowest BCUT2D eigenvalue weighted by atomic mass is 10.1. The first-order chi connectivity index (χ1) is 8.60. The summed E-state index contributed by atoms with van der Waals surface area (Å²) in [5.74, 6) is -0.344. The molecule has 0 amide bonds. The number of aromatic hydroxyl groups is 1. The molecule has 0 radical (unpaired) electrons. The molecule has 18 heavy (non-hydrogen) atoms. The lowest BCUT2D eigenvalue weighted by Gasteiger charge is -2.05. The van der Waals surface area contributed by atoms with Gasteiger partial charge in [-0.3, -0.25) is 0 Å². The highest BCUT2D eigenvalue weighted by Gasteiger charge is 2.09. The van der Waals surface area contributed by atoms with E-state index < -0.39 is 5.97 Å². The van der Waals surface area contributed by atoms with Gasteiger partial charge in [0, 0.05) is 22.6 Å². The van der Waals surface area contributed by atoms with Crippen molar-refractivity contribution in [1.29, 1.82) is 0 Å². The van der Waals surface area contributed by atoms with E-state index in [4.69, 9.17) is 16.7 Å². The first kappa shape index (κ1) is 12.9. The minimum absolute atomic E-state index is 0.203. The summed E-state index contributed by atoms with van der Waals surface area (Å²) < 4.78 is 0. The summed E-state index contributed by atoms with van der Waals surface area (Å²) in [6.45, 7) is 0. The fourth-order valence-electron chi connectivity index (χ4n) is 1.64. The Labute approximate surface area is 113 Å².